The number of amides is 1. The van der Waals surface area contributed by atoms with Gasteiger partial charge in [0.05, 0.1) is 6.54 Å². The summed E-state index contributed by atoms with van der Waals surface area (Å²) in [5.74, 6) is 1.32. The van der Waals surface area contributed by atoms with Crippen LogP contribution in [0.3, 0.4) is 0 Å². The molecule has 154 valence electrons. The van der Waals surface area contributed by atoms with Crippen molar-refractivity contribution in [2.24, 2.45) is 4.99 Å². The number of guanidine groups is 1. The molecule has 0 aliphatic rings. The van der Waals surface area contributed by atoms with Crippen LogP contribution in [-0.2, 0) is 17.9 Å². The number of carbonyl (C=O) groups excluding carboxylic acids is 1. The lowest BCUT2D eigenvalue weighted by Gasteiger charge is -2.10. The quantitative estimate of drug-likeness (QED) is 0.259. The van der Waals surface area contributed by atoms with Crippen molar-refractivity contribution in [2.45, 2.75) is 26.9 Å². The summed E-state index contributed by atoms with van der Waals surface area (Å²) in [5, 5.41) is 10.4. The van der Waals surface area contributed by atoms with Crippen LogP contribution in [0.2, 0.25) is 0 Å². The minimum Gasteiger partial charge on any atom is -0.459 e. The summed E-state index contributed by atoms with van der Waals surface area (Å²) in [6.07, 6.45) is 0. The summed E-state index contributed by atoms with van der Waals surface area (Å²) >= 11 is 0. The number of nitrogens with zero attached hydrogens (tertiary/aromatic N) is 1. The highest BCUT2D eigenvalue weighted by Crippen LogP contribution is 2.24. The monoisotopic (exact) mass is 506 g/mol. The number of para-hydroxylation sites is 1. The van der Waals surface area contributed by atoms with Gasteiger partial charge in [-0.15, -0.1) is 24.0 Å². The number of rotatable bonds is 7. The van der Waals surface area contributed by atoms with Crippen molar-refractivity contribution in [1.29, 1.82) is 0 Å². The van der Waals surface area contributed by atoms with E-state index >= 15 is 0 Å². The van der Waals surface area contributed by atoms with E-state index in [4.69, 9.17) is 4.42 Å². The topological polar surface area (TPSA) is 78.7 Å². The fraction of sp³-hybridized carbons (Fsp3) is 0.273. The predicted molar refractivity (Wildman–Crippen MR) is 127 cm³/mol. The highest BCUT2D eigenvalue weighted by molar-refractivity contribution is 14.0. The van der Waals surface area contributed by atoms with Gasteiger partial charge in [-0.25, -0.2) is 4.99 Å². The van der Waals surface area contributed by atoms with E-state index in [9.17, 15) is 4.79 Å². The summed E-state index contributed by atoms with van der Waals surface area (Å²) < 4.78 is 5.92. The van der Waals surface area contributed by atoms with Crippen LogP contribution in [0.4, 0.5) is 0 Å². The molecule has 29 heavy (non-hydrogen) atoms. The number of aryl methyl sites for hydroxylation is 1. The minimum absolute atomic E-state index is 0. The second kappa shape index (κ2) is 11.5. The fourth-order valence-corrected chi connectivity index (χ4v) is 2.90. The smallest absolute Gasteiger partial charge is 0.242 e. The zero-order valence-corrected chi connectivity index (χ0v) is 19.0. The van der Waals surface area contributed by atoms with Crippen molar-refractivity contribution in [1.82, 2.24) is 16.0 Å². The second-order valence-corrected chi connectivity index (χ2v) is 6.46. The lowest BCUT2D eigenvalue weighted by molar-refractivity contribution is -0.119. The van der Waals surface area contributed by atoms with E-state index < -0.39 is 0 Å². The fourth-order valence-electron chi connectivity index (χ4n) is 2.90. The number of hydrogen-bond acceptors (Lipinski definition) is 3. The summed E-state index contributed by atoms with van der Waals surface area (Å²) in [6.45, 7) is 5.79. The molecule has 2 aromatic carbocycles. The molecule has 0 atom stereocenters. The minimum atomic E-state index is -0.124. The van der Waals surface area contributed by atoms with Crippen LogP contribution in [-0.4, -0.2) is 25.0 Å². The molecule has 0 fully saturated rings. The highest BCUT2D eigenvalue weighted by Gasteiger charge is 2.10. The lowest BCUT2D eigenvalue weighted by atomic mass is 10.1. The Morgan fingerprint density at radius 3 is 2.41 bits per heavy atom. The number of halogens is 1. The molecule has 3 aromatic rings. The van der Waals surface area contributed by atoms with Crippen molar-refractivity contribution in [3.63, 3.8) is 0 Å². The molecule has 0 saturated carbocycles. The first-order valence-corrected chi connectivity index (χ1v) is 9.47. The van der Waals surface area contributed by atoms with Gasteiger partial charge in [0.25, 0.3) is 0 Å². The Morgan fingerprint density at radius 1 is 0.966 bits per heavy atom. The van der Waals surface area contributed by atoms with Gasteiger partial charge >= 0.3 is 0 Å². The van der Waals surface area contributed by atoms with Gasteiger partial charge in [-0.2, -0.15) is 0 Å². The Kier molecular flexibility index (Phi) is 8.98. The molecule has 7 heteroatoms. The van der Waals surface area contributed by atoms with Crippen LogP contribution < -0.4 is 16.0 Å². The molecule has 0 bridgehead atoms. The molecule has 0 saturated heterocycles. The van der Waals surface area contributed by atoms with E-state index in [1.165, 1.54) is 0 Å². The highest BCUT2D eigenvalue weighted by atomic mass is 127. The number of aliphatic imine (C=N–C) groups is 1. The molecule has 0 unspecified atom stereocenters. The molecule has 0 aliphatic heterocycles. The van der Waals surface area contributed by atoms with Gasteiger partial charge in [-0.3, -0.25) is 4.79 Å². The van der Waals surface area contributed by atoms with Gasteiger partial charge in [0.1, 0.15) is 17.9 Å². The number of fused-ring (bicyclic) bond motifs is 1. The van der Waals surface area contributed by atoms with Crippen LogP contribution in [0.15, 0.2) is 64.0 Å². The first-order chi connectivity index (χ1) is 13.7. The number of nitrogens with one attached hydrogen (secondary N) is 3. The molecule has 0 radical (unpaired) electrons. The normalized spacial score (nSPS) is 11.0. The molecule has 1 amide bonds. The van der Waals surface area contributed by atoms with Crippen LogP contribution in [0.1, 0.15) is 23.8 Å². The zero-order valence-electron chi connectivity index (χ0n) is 16.7. The molecule has 1 heterocycles. The van der Waals surface area contributed by atoms with Gasteiger partial charge in [-0.1, -0.05) is 48.5 Å². The molecule has 0 spiro atoms. The lowest BCUT2D eigenvalue weighted by Crippen LogP contribution is -2.38. The largest absolute Gasteiger partial charge is 0.459 e. The van der Waals surface area contributed by atoms with Gasteiger partial charge < -0.3 is 20.4 Å². The number of benzene rings is 2. The van der Waals surface area contributed by atoms with E-state index in [2.05, 4.69) is 20.9 Å². The van der Waals surface area contributed by atoms with Gasteiger partial charge in [0.2, 0.25) is 5.91 Å². The van der Waals surface area contributed by atoms with E-state index in [1.54, 1.807) is 0 Å². The van der Waals surface area contributed by atoms with E-state index in [-0.39, 0.29) is 36.4 Å². The first kappa shape index (κ1) is 22.7. The standard InChI is InChI=1S/C22H26N4O2.HI/c1-3-23-22(26-15-21(27)24-13-17-9-5-4-6-10-17)25-14-20-16(2)18-11-7-8-12-19(18)28-20;/h4-12H,3,13-15H2,1-2H3,(H,24,27)(H2,23,25,26);1H. The molecular weight excluding hydrogens is 479 g/mol. The maximum absolute atomic E-state index is 12.1. The average Bonchev–Trinajstić information content (AvgIpc) is 3.05. The van der Waals surface area contributed by atoms with Gasteiger partial charge in [0, 0.05) is 24.0 Å². The van der Waals surface area contributed by atoms with E-state index in [0.29, 0.717) is 25.6 Å². The zero-order chi connectivity index (χ0) is 19.8. The average molecular weight is 506 g/mol. The Labute approximate surface area is 188 Å². The summed E-state index contributed by atoms with van der Waals surface area (Å²) in [4.78, 5) is 16.4. The van der Waals surface area contributed by atoms with Crippen molar-refractivity contribution in [3.8, 4) is 0 Å². The maximum Gasteiger partial charge on any atom is 0.242 e. The van der Waals surface area contributed by atoms with Crippen LogP contribution >= 0.6 is 24.0 Å². The van der Waals surface area contributed by atoms with E-state index in [0.717, 1.165) is 27.9 Å². The Bertz CT molecular complexity index is 954. The molecular formula is C22H27IN4O2. The third kappa shape index (κ3) is 6.49. The second-order valence-electron chi connectivity index (χ2n) is 6.46. The molecule has 6 nitrogen and oxygen atoms in total. The first-order valence-electron chi connectivity index (χ1n) is 9.47. The van der Waals surface area contributed by atoms with Crippen molar-refractivity contribution in [2.75, 3.05) is 13.1 Å². The number of carbonyl (C=O) groups is 1. The van der Waals surface area contributed by atoms with Crippen LogP contribution in [0.25, 0.3) is 11.0 Å². The van der Waals surface area contributed by atoms with Gasteiger partial charge in [0.15, 0.2) is 5.96 Å². The van der Waals surface area contributed by atoms with Crippen LogP contribution in [0.5, 0.6) is 0 Å². The summed E-state index contributed by atoms with van der Waals surface area (Å²) in [6, 6.07) is 17.8. The van der Waals surface area contributed by atoms with Gasteiger partial charge in [-0.05, 0) is 25.5 Å². The third-order valence-corrected chi connectivity index (χ3v) is 4.42. The molecule has 3 N–H and O–H groups in total. The van der Waals surface area contributed by atoms with Crippen LogP contribution in [0, 0.1) is 6.92 Å². The van der Waals surface area contributed by atoms with Crippen molar-refractivity contribution < 1.29 is 9.21 Å². The SMILES string of the molecule is CCNC(=NCC(=O)NCc1ccccc1)NCc1oc2ccccc2c1C.I. The van der Waals surface area contributed by atoms with Crippen molar-refractivity contribution >= 4 is 46.8 Å². The third-order valence-electron chi connectivity index (χ3n) is 4.42. The molecule has 1 aromatic heterocycles. The molecule has 0 aliphatic carbocycles. The van der Waals surface area contributed by atoms with Crippen molar-refractivity contribution in [3.05, 3.63) is 71.5 Å². The van der Waals surface area contributed by atoms with E-state index in [1.807, 2.05) is 68.4 Å². The number of furan rings is 1. The summed E-state index contributed by atoms with van der Waals surface area (Å²) in [5.41, 5.74) is 3.05. The predicted octanol–water partition coefficient (Wildman–Crippen LogP) is 3.73. The Morgan fingerprint density at radius 2 is 1.69 bits per heavy atom. The Hall–Kier alpha value is -2.55. The summed E-state index contributed by atoms with van der Waals surface area (Å²) in [7, 11) is 0. The molecule has 3 rings (SSSR count). The Balaban J connectivity index is 0.00000300. The number of hydrogen-bond donors (Lipinski definition) is 3. The maximum atomic E-state index is 12.1.